The highest BCUT2D eigenvalue weighted by molar-refractivity contribution is 6.01. The van der Waals surface area contributed by atoms with Crippen LogP contribution in [-0.2, 0) is 11.3 Å². The third-order valence-corrected chi connectivity index (χ3v) is 4.68. The number of hydrogen-bond acceptors (Lipinski definition) is 5. The van der Waals surface area contributed by atoms with Crippen LogP contribution in [0.25, 0.3) is 0 Å². The first-order valence-electron chi connectivity index (χ1n) is 9.57. The quantitative estimate of drug-likeness (QED) is 0.294. The lowest BCUT2D eigenvalue weighted by Gasteiger charge is -2.13. The van der Waals surface area contributed by atoms with E-state index in [1.165, 1.54) is 23.8 Å². The van der Waals surface area contributed by atoms with E-state index < -0.39 is 0 Å². The van der Waals surface area contributed by atoms with Crippen LogP contribution in [0.1, 0.15) is 37.7 Å². The number of hydrazine groups is 1. The molecular weight excluding hydrogens is 351 g/mol. The van der Waals surface area contributed by atoms with Crippen molar-refractivity contribution in [3.63, 3.8) is 0 Å². The van der Waals surface area contributed by atoms with Crippen LogP contribution in [0.15, 0.2) is 18.2 Å². The fourth-order valence-electron chi connectivity index (χ4n) is 2.87. The van der Waals surface area contributed by atoms with E-state index in [2.05, 4.69) is 16.2 Å². The minimum Gasteiger partial charge on any atom is -0.490 e. The molecular formula is C19H27FN4O3. The summed E-state index contributed by atoms with van der Waals surface area (Å²) in [5.41, 5.74) is 7.22. The van der Waals surface area contributed by atoms with Crippen LogP contribution in [0.4, 0.5) is 9.18 Å². The number of ether oxygens (including phenoxy) is 1. The van der Waals surface area contributed by atoms with Gasteiger partial charge in [-0.2, -0.15) is 0 Å². The number of benzene rings is 1. The largest absolute Gasteiger partial charge is 0.490 e. The molecule has 3 amide bonds. The monoisotopic (exact) mass is 378 g/mol. The second-order valence-corrected chi connectivity index (χ2v) is 7.14. The molecule has 0 radical (unpaired) electrons. The van der Waals surface area contributed by atoms with Gasteiger partial charge in [-0.1, -0.05) is 12.5 Å². The van der Waals surface area contributed by atoms with E-state index in [1.807, 2.05) is 0 Å². The number of halogens is 1. The predicted octanol–water partition coefficient (Wildman–Crippen LogP) is 1.93. The summed E-state index contributed by atoms with van der Waals surface area (Å²) in [5, 5.41) is 2.27. The number of amides is 3. The highest BCUT2D eigenvalue weighted by Gasteiger charge is 2.25. The third-order valence-electron chi connectivity index (χ3n) is 4.68. The van der Waals surface area contributed by atoms with Gasteiger partial charge in [-0.25, -0.2) is 9.18 Å². The van der Waals surface area contributed by atoms with Crippen LogP contribution in [-0.4, -0.2) is 43.1 Å². The molecule has 8 heteroatoms. The fraction of sp³-hybridized carbons (Fsp3) is 0.579. The molecule has 1 aromatic carbocycles. The smallest absolute Gasteiger partial charge is 0.324 e. The lowest BCUT2D eigenvalue weighted by molar-refractivity contribution is -0.118. The predicted molar refractivity (Wildman–Crippen MR) is 98.4 cm³/mol. The minimum absolute atomic E-state index is 0.169. The average Bonchev–Trinajstić information content (AvgIpc) is 3.41. The Morgan fingerprint density at radius 3 is 2.78 bits per heavy atom. The maximum Gasteiger partial charge on any atom is 0.324 e. The van der Waals surface area contributed by atoms with Crippen molar-refractivity contribution < 1.29 is 18.7 Å². The van der Waals surface area contributed by atoms with Gasteiger partial charge in [-0.3, -0.25) is 21.0 Å². The number of rotatable bonds is 12. The Labute approximate surface area is 158 Å². The average molecular weight is 378 g/mol. The molecule has 0 atom stereocenters. The fourth-order valence-corrected chi connectivity index (χ4v) is 2.87. The zero-order valence-corrected chi connectivity index (χ0v) is 15.4. The number of imide groups is 1. The second kappa shape index (κ2) is 9.66. The Kier molecular flexibility index (Phi) is 7.00. The highest BCUT2D eigenvalue weighted by atomic mass is 19.1. The lowest BCUT2D eigenvalue weighted by Crippen LogP contribution is -2.32. The van der Waals surface area contributed by atoms with Gasteiger partial charge in [0.15, 0.2) is 11.6 Å². The van der Waals surface area contributed by atoms with Crippen molar-refractivity contribution in [3.8, 4) is 5.75 Å². The zero-order chi connectivity index (χ0) is 19.1. The third kappa shape index (κ3) is 6.48. The van der Waals surface area contributed by atoms with E-state index in [0.717, 1.165) is 31.4 Å². The summed E-state index contributed by atoms with van der Waals surface area (Å²) in [6, 6.07) is 4.64. The summed E-state index contributed by atoms with van der Waals surface area (Å²) in [6.07, 6.45) is 5.13. The minimum atomic E-state index is -0.319. The summed E-state index contributed by atoms with van der Waals surface area (Å²) in [5.74, 6) is 0.368. The SMILES string of the molecule is O=C1CN(CCCCCNNCc2ccc(F)c(OCC3CC3)c2)C(=O)N1. The van der Waals surface area contributed by atoms with Crippen LogP contribution < -0.4 is 20.9 Å². The normalized spacial score (nSPS) is 16.7. The number of carbonyl (C=O) groups excluding carboxylic acids is 2. The molecule has 3 N–H and O–H groups in total. The van der Waals surface area contributed by atoms with E-state index in [9.17, 15) is 14.0 Å². The molecule has 7 nitrogen and oxygen atoms in total. The van der Waals surface area contributed by atoms with Gasteiger partial charge in [0.1, 0.15) is 6.54 Å². The number of nitrogens with zero attached hydrogens (tertiary/aromatic N) is 1. The van der Waals surface area contributed by atoms with Gasteiger partial charge in [-0.15, -0.1) is 0 Å². The van der Waals surface area contributed by atoms with Crippen molar-refractivity contribution in [2.75, 3.05) is 26.2 Å². The first-order chi connectivity index (χ1) is 13.1. The van der Waals surface area contributed by atoms with Gasteiger partial charge < -0.3 is 9.64 Å². The topological polar surface area (TPSA) is 82.7 Å². The summed E-state index contributed by atoms with van der Waals surface area (Å²) in [7, 11) is 0. The molecule has 148 valence electrons. The van der Waals surface area contributed by atoms with E-state index >= 15 is 0 Å². The van der Waals surface area contributed by atoms with Crippen molar-refractivity contribution in [3.05, 3.63) is 29.6 Å². The standard InChI is InChI=1S/C19H27FN4O3/c20-16-7-6-15(10-17(16)27-13-14-4-5-14)11-22-21-8-2-1-3-9-24-12-18(25)23-19(24)26/h6-7,10,14,21-22H,1-5,8-9,11-13H2,(H,23,25,26). The number of carbonyl (C=O) groups is 2. The Morgan fingerprint density at radius 1 is 1.19 bits per heavy atom. The molecule has 0 spiro atoms. The van der Waals surface area contributed by atoms with Crippen LogP contribution >= 0.6 is 0 Å². The molecule has 1 aliphatic carbocycles. The molecule has 2 fully saturated rings. The summed E-state index contributed by atoms with van der Waals surface area (Å²) in [6.45, 7) is 2.74. The van der Waals surface area contributed by atoms with Gasteiger partial charge in [0, 0.05) is 19.6 Å². The van der Waals surface area contributed by atoms with Crippen molar-refractivity contribution in [2.24, 2.45) is 5.92 Å². The Balaban J connectivity index is 1.24. The molecule has 1 aliphatic heterocycles. The van der Waals surface area contributed by atoms with Crippen LogP contribution in [0.3, 0.4) is 0 Å². The van der Waals surface area contributed by atoms with E-state index in [-0.39, 0.29) is 24.3 Å². The molecule has 1 saturated carbocycles. The molecule has 2 aliphatic rings. The van der Waals surface area contributed by atoms with Crippen molar-refractivity contribution in [2.45, 2.75) is 38.6 Å². The van der Waals surface area contributed by atoms with Gasteiger partial charge >= 0.3 is 6.03 Å². The number of hydrogen-bond donors (Lipinski definition) is 3. The van der Waals surface area contributed by atoms with E-state index in [4.69, 9.17) is 4.74 Å². The first kappa shape index (κ1) is 19.6. The number of unbranched alkanes of at least 4 members (excludes halogenated alkanes) is 2. The molecule has 27 heavy (non-hydrogen) atoms. The van der Waals surface area contributed by atoms with Crippen molar-refractivity contribution >= 4 is 11.9 Å². The van der Waals surface area contributed by atoms with Crippen molar-refractivity contribution in [1.29, 1.82) is 0 Å². The van der Waals surface area contributed by atoms with Gasteiger partial charge in [-0.05, 0) is 49.3 Å². The Bertz CT molecular complexity index is 666. The maximum absolute atomic E-state index is 13.8. The highest BCUT2D eigenvalue weighted by Crippen LogP contribution is 2.30. The molecule has 3 rings (SSSR count). The van der Waals surface area contributed by atoms with Crippen LogP contribution in [0.2, 0.25) is 0 Å². The Morgan fingerprint density at radius 2 is 2.04 bits per heavy atom. The molecule has 1 aromatic rings. The van der Waals surface area contributed by atoms with E-state index in [0.29, 0.717) is 31.4 Å². The molecule has 0 bridgehead atoms. The van der Waals surface area contributed by atoms with Gasteiger partial charge in [0.05, 0.1) is 6.61 Å². The number of nitrogens with one attached hydrogen (secondary N) is 3. The lowest BCUT2D eigenvalue weighted by atomic mass is 10.2. The van der Waals surface area contributed by atoms with Crippen molar-refractivity contribution in [1.82, 2.24) is 21.1 Å². The number of urea groups is 1. The summed E-state index contributed by atoms with van der Waals surface area (Å²) in [4.78, 5) is 24.0. The second-order valence-electron chi connectivity index (χ2n) is 7.14. The van der Waals surface area contributed by atoms with Crippen LogP contribution in [0.5, 0.6) is 5.75 Å². The first-order valence-corrected chi connectivity index (χ1v) is 9.57. The van der Waals surface area contributed by atoms with Crippen LogP contribution in [0, 0.1) is 11.7 Å². The van der Waals surface area contributed by atoms with Gasteiger partial charge in [0.25, 0.3) is 0 Å². The summed E-state index contributed by atoms with van der Waals surface area (Å²) < 4.78 is 19.3. The summed E-state index contributed by atoms with van der Waals surface area (Å²) >= 11 is 0. The maximum atomic E-state index is 13.8. The molecule has 0 aromatic heterocycles. The van der Waals surface area contributed by atoms with Gasteiger partial charge in [0.2, 0.25) is 5.91 Å². The molecule has 1 heterocycles. The molecule has 1 saturated heterocycles. The zero-order valence-electron chi connectivity index (χ0n) is 15.4. The van der Waals surface area contributed by atoms with E-state index in [1.54, 1.807) is 12.1 Å². The molecule has 0 unspecified atom stereocenters. The Hall–Kier alpha value is -2.19.